The highest BCUT2D eigenvalue weighted by molar-refractivity contribution is 6.30. The summed E-state index contributed by atoms with van der Waals surface area (Å²) >= 11 is 5.85. The number of benzene rings is 1. The SMILES string of the molecule is NC(=NO)C1CCCC1NC(=O)Nc1cccc(Cl)c1. The molecule has 1 aliphatic carbocycles. The zero-order chi connectivity index (χ0) is 14.5. The molecule has 6 nitrogen and oxygen atoms in total. The number of anilines is 1. The van der Waals surface area contributed by atoms with Crippen LogP contribution in [0, 0.1) is 5.92 Å². The Bertz CT molecular complexity index is 521. The highest BCUT2D eigenvalue weighted by atomic mass is 35.5. The van der Waals surface area contributed by atoms with Gasteiger partial charge in [-0.1, -0.05) is 29.2 Å². The second-order valence-electron chi connectivity index (χ2n) is 4.78. The van der Waals surface area contributed by atoms with Crippen molar-refractivity contribution < 1.29 is 10.0 Å². The minimum atomic E-state index is -0.324. The number of carbonyl (C=O) groups is 1. The number of carbonyl (C=O) groups excluding carboxylic acids is 1. The maximum atomic E-state index is 11.9. The molecule has 1 saturated carbocycles. The summed E-state index contributed by atoms with van der Waals surface area (Å²) in [7, 11) is 0. The van der Waals surface area contributed by atoms with Crippen LogP contribution >= 0.6 is 11.6 Å². The lowest BCUT2D eigenvalue weighted by atomic mass is 10.0. The fourth-order valence-electron chi connectivity index (χ4n) is 2.46. The van der Waals surface area contributed by atoms with Crippen LogP contribution in [0.2, 0.25) is 5.02 Å². The highest BCUT2D eigenvalue weighted by Gasteiger charge is 2.31. The van der Waals surface area contributed by atoms with E-state index in [4.69, 9.17) is 22.5 Å². The molecule has 2 unspecified atom stereocenters. The minimum Gasteiger partial charge on any atom is -0.409 e. The summed E-state index contributed by atoms with van der Waals surface area (Å²) in [6.07, 6.45) is 2.55. The van der Waals surface area contributed by atoms with Gasteiger partial charge in [0.1, 0.15) is 5.84 Å². The summed E-state index contributed by atoms with van der Waals surface area (Å²) < 4.78 is 0. The predicted molar refractivity (Wildman–Crippen MR) is 78.1 cm³/mol. The van der Waals surface area contributed by atoms with Crippen LogP contribution in [0.1, 0.15) is 19.3 Å². The lowest BCUT2D eigenvalue weighted by Gasteiger charge is -2.20. The van der Waals surface area contributed by atoms with Crippen LogP contribution in [0.5, 0.6) is 0 Å². The van der Waals surface area contributed by atoms with Gasteiger partial charge in [-0.3, -0.25) is 0 Å². The number of hydrogen-bond acceptors (Lipinski definition) is 3. The second kappa shape index (κ2) is 6.47. The van der Waals surface area contributed by atoms with Crippen molar-refractivity contribution in [1.82, 2.24) is 5.32 Å². The van der Waals surface area contributed by atoms with Gasteiger partial charge in [-0.15, -0.1) is 0 Å². The van der Waals surface area contributed by atoms with Gasteiger partial charge >= 0.3 is 6.03 Å². The van der Waals surface area contributed by atoms with Crippen molar-refractivity contribution in [1.29, 1.82) is 0 Å². The van der Waals surface area contributed by atoms with Crippen LogP contribution in [0.3, 0.4) is 0 Å². The van der Waals surface area contributed by atoms with Crippen molar-refractivity contribution in [3.63, 3.8) is 0 Å². The van der Waals surface area contributed by atoms with Crippen LogP contribution in [0.4, 0.5) is 10.5 Å². The Kier molecular flexibility index (Phi) is 4.68. The van der Waals surface area contributed by atoms with Gasteiger partial charge in [0.15, 0.2) is 0 Å². The molecule has 2 amide bonds. The van der Waals surface area contributed by atoms with Crippen molar-refractivity contribution >= 4 is 29.2 Å². The summed E-state index contributed by atoms with van der Waals surface area (Å²) in [5.74, 6) is 0.0423. The molecule has 7 heteroatoms. The van der Waals surface area contributed by atoms with Gasteiger partial charge in [0.25, 0.3) is 0 Å². The first-order valence-electron chi connectivity index (χ1n) is 6.40. The van der Waals surface area contributed by atoms with Crippen molar-refractivity contribution in [2.45, 2.75) is 25.3 Å². The number of nitrogens with zero attached hydrogens (tertiary/aromatic N) is 1. The van der Waals surface area contributed by atoms with Crippen LogP contribution in [0.25, 0.3) is 0 Å². The van der Waals surface area contributed by atoms with Gasteiger partial charge in [-0.2, -0.15) is 0 Å². The summed E-state index contributed by atoms with van der Waals surface area (Å²) in [5.41, 5.74) is 6.25. The van der Waals surface area contributed by atoms with Crippen LogP contribution in [-0.4, -0.2) is 23.1 Å². The third-order valence-electron chi connectivity index (χ3n) is 3.41. The van der Waals surface area contributed by atoms with Crippen molar-refractivity contribution in [2.75, 3.05) is 5.32 Å². The van der Waals surface area contributed by atoms with E-state index in [2.05, 4.69) is 15.8 Å². The molecule has 0 aromatic heterocycles. The van der Waals surface area contributed by atoms with Crippen LogP contribution in [-0.2, 0) is 0 Å². The summed E-state index contributed by atoms with van der Waals surface area (Å²) in [4.78, 5) is 11.9. The lowest BCUT2D eigenvalue weighted by Crippen LogP contribution is -2.44. The van der Waals surface area contributed by atoms with Crippen molar-refractivity contribution in [2.24, 2.45) is 16.8 Å². The maximum Gasteiger partial charge on any atom is 0.319 e. The molecule has 1 fully saturated rings. The van der Waals surface area contributed by atoms with Gasteiger partial charge < -0.3 is 21.6 Å². The number of hydrogen-bond donors (Lipinski definition) is 4. The van der Waals surface area contributed by atoms with E-state index in [1.54, 1.807) is 24.3 Å². The van der Waals surface area contributed by atoms with E-state index >= 15 is 0 Å². The Hall–Kier alpha value is -1.95. The van der Waals surface area contributed by atoms with E-state index < -0.39 is 0 Å². The number of amidine groups is 1. The molecule has 108 valence electrons. The largest absolute Gasteiger partial charge is 0.409 e. The average molecular weight is 297 g/mol. The Balaban J connectivity index is 1.94. The average Bonchev–Trinajstić information content (AvgIpc) is 2.85. The molecule has 2 rings (SSSR count). The number of oxime groups is 1. The molecule has 0 spiro atoms. The second-order valence-corrected chi connectivity index (χ2v) is 5.21. The molecule has 0 bridgehead atoms. The zero-order valence-electron chi connectivity index (χ0n) is 10.8. The molecule has 0 radical (unpaired) electrons. The number of urea groups is 1. The Morgan fingerprint density at radius 3 is 2.95 bits per heavy atom. The Morgan fingerprint density at radius 2 is 2.25 bits per heavy atom. The molecule has 1 aromatic carbocycles. The fraction of sp³-hybridized carbons (Fsp3) is 0.385. The van der Waals surface area contributed by atoms with Crippen LogP contribution < -0.4 is 16.4 Å². The first-order chi connectivity index (χ1) is 9.60. The van der Waals surface area contributed by atoms with E-state index in [0.717, 1.165) is 19.3 Å². The minimum absolute atomic E-state index is 0.120. The third kappa shape index (κ3) is 3.54. The normalized spacial score (nSPS) is 22.6. The van der Waals surface area contributed by atoms with Gasteiger partial charge in [0.05, 0.1) is 0 Å². The topological polar surface area (TPSA) is 99.7 Å². The summed E-state index contributed by atoms with van der Waals surface area (Å²) in [5, 5.41) is 17.9. The smallest absolute Gasteiger partial charge is 0.319 e. The van der Waals surface area contributed by atoms with E-state index in [9.17, 15) is 4.79 Å². The number of nitrogens with one attached hydrogen (secondary N) is 2. The van der Waals surface area contributed by atoms with Gasteiger partial charge in [-0.25, -0.2) is 4.79 Å². The highest BCUT2D eigenvalue weighted by Crippen LogP contribution is 2.26. The Morgan fingerprint density at radius 1 is 1.45 bits per heavy atom. The summed E-state index contributed by atoms with van der Waals surface area (Å²) in [6, 6.07) is 6.46. The van der Waals surface area contributed by atoms with Gasteiger partial charge in [-0.05, 0) is 31.0 Å². The number of rotatable bonds is 3. The molecule has 0 aliphatic heterocycles. The maximum absolute atomic E-state index is 11.9. The number of nitrogens with two attached hydrogens (primary N) is 1. The molecule has 0 heterocycles. The fourth-order valence-corrected chi connectivity index (χ4v) is 2.65. The van der Waals surface area contributed by atoms with Crippen molar-refractivity contribution in [3.8, 4) is 0 Å². The zero-order valence-corrected chi connectivity index (χ0v) is 11.6. The number of amides is 2. The van der Waals surface area contributed by atoms with Gasteiger partial charge in [0, 0.05) is 22.7 Å². The molecule has 0 saturated heterocycles. The lowest BCUT2D eigenvalue weighted by molar-refractivity contribution is 0.247. The molecular formula is C13H17ClN4O2. The predicted octanol–water partition coefficient (Wildman–Crippen LogP) is 2.38. The van der Waals surface area contributed by atoms with E-state index in [-0.39, 0.29) is 23.8 Å². The van der Waals surface area contributed by atoms with E-state index in [1.165, 1.54) is 0 Å². The third-order valence-corrected chi connectivity index (χ3v) is 3.65. The van der Waals surface area contributed by atoms with Crippen LogP contribution in [0.15, 0.2) is 29.4 Å². The molecule has 1 aromatic rings. The van der Waals surface area contributed by atoms with E-state index in [0.29, 0.717) is 10.7 Å². The van der Waals surface area contributed by atoms with Gasteiger partial charge in [0.2, 0.25) is 0 Å². The molecular weight excluding hydrogens is 280 g/mol. The molecule has 1 aliphatic rings. The first kappa shape index (κ1) is 14.5. The molecule has 2 atom stereocenters. The monoisotopic (exact) mass is 296 g/mol. The first-order valence-corrected chi connectivity index (χ1v) is 6.78. The van der Waals surface area contributed by atoms with E-state index in [1.807, 2.05) is 0 Å². The molecule has 20 heavy (non-hydrogen) atoms. The quantitative estimate of drug-likeness (QED) is 0.298. The summed E-state index contributed by atoms with van der Waals surface area (Å²) in [6.45, 7) is 0. The Labute approximate surface area is 122 Å². The number of halogens is 1. The molecule has 5 N–H and O–H groups in total. The standard InChI is InChI=1S/C13H17ClN4O2/c14-8-3-1-4-9(7-8)16-13(19)17-11-6-2-5-10(11)12(15)18-20/h1,3-4,7,10-11,20H,2,5-6H2,(H2,15,18)(H2,16,17,19). The van der Waals surface area contributed by atoms with Crippen molar-refractivity contribution in [3.05, 3.63) is 29.3 Å².